The summed E-state index contributed by atoms with van der Waals surface area (Å²) in [6, 6.07) is 0. The first-order valence-corrected chi connectivity index (χ1v) is 3.31. The molecule has 0 bridgehead atoms. The zero-order valence-electron chi connectivity index (χ0n) is 4.80. The Kier molecular flexibility index (Phi) is 5.44. The fourth-order valence-electron chi connectivity index (χ4n) is 0.912. The summed E-state index contributed by atoms with van der Waals surface area (Å²) < 4.78 is 0. The van der Waals surface area contributed by atoms with Crippen LogP contribution in [0.15, 0.2) is 0 Å². The normalized spacial score (nSPS) is 20.6. The average Bonchev–Trinajstić information content (AvgIpc) is 2.14. The van der Waals surface area contributed by atoms with Gasteiger partial charge in [-0.25, -0.2) is 0 Å². The maximum Gasteiger partial charge on any atom is 0 e. The van der Waals surface area contributed by atoms with Crippen molar-refractivity contribution < 1.29 is 21.1 Å². The molecule has 1 aliphatic rings. The van der Waals surface area contributed by atoms with Crippen molar-refractivity contribution in [2.45, 2.75) is 12.8 Å². The van der Waals surface area contributed by atoms with Crippen LogP contribution in [0.25, 0.3) is 0 Å². The second-order valence-corrected chi connectivity index (χ2v) is 2.21. The zero-order valence-corrected chi connectivity index (χ0v) is 8.55. The van der Waals surface area contributed by atoms with Crippen LogP contribution in [0.4, 0.5) is 0 Å². The quantitative estimate of drug-likeness (QED) is 0.652. The van der Waals surface area contributed by atoms with E-state index in [2.05, 4.69) is 4.90 Å². The van der Waals surface area contributed by atoms with E-state index in [1.54, 1.807) is 0 Å². The summed E-state index contributed by atoms with van der Waals surface area (Å²) in [5, 5.41) is 0. The Labute approximate surface area is 70.5 Å². The molecule has 0 unspecified atom stereocenters. The van der Waals surface area contributed by atoms with Crippen LogP contribution in [0, 0.1) is 0 Å². The first-order chi connectivity index (χ1) is 3.43. The molecule has 0 saturated carbocycles. The predicted molar refractivity (Wildman–Crippen MR) is 33.0 cm³/mol. The molecule has 1 heterocycles. The zero-order chi connectivity index (χ0) is 5.11. The average molecular weight is 300 g/mol. The largest absolute Gasteiger partial charge is 0.777 e. The van der Waals surface area contributed by atoms with Crippen LogP contribution in [0.3, 0.4) is 0 Å². The third-order valence-corrected chi connectivity index (χ3v) is 1.75. The maximum absolute atomic E-state index is 4.84. The van der Waals surface area contributed by atoms with Gasteiger partial charge in [-0.3, -0.25) is 0 Å². The summed E-state index contributed by atoms with van der Waals surface area (Å²) in [7, 11) is 0. The van der Waals surface area contributed by atoms with Gasteiger partial charge in [-0.05, 0) is 25.9 Å². The molecule has 0 amide bonds. The van der Waals surface area contributed by atoms with Crippen LogP contribution < -0.4 is 0 Å². The molecule has 1 saturated heterocycles. The van der Waals surface area contributed by atoms with Crippen molar-refractivity contribution in [3.8, 4) is 0 Å². The Balaban J connectivity index is 0.000000490. The van der Waals surface area contributed by atoms with Gasteiger partial charge in [0.15, 0.2) is 0 Å². The second-order valence-electron chi connectivity index (χ2n) is 1.95. The molecular formula is C5H10NSW-. The third-order valence-electron chi connectivity index (χ3n) is 1.38. The molecule has 1 rings (SSSR count). The summed E-state index contributed by atoms with van der Waals surface area (Å²) in [4.78, 5) is 2.30. The molecule has 3 heteroatoms. The molecule has 0 aromatic rings. The van der Waals surface area contributed by atoms with E-state index in [1.165, 1.54) is 25.9 Å². The molecule has 0 N–H and O–H groups in total. The minimum absolute atomic E-state index is 0. The number of likely N-dealkylation sites (tertiary alicyclic amines) is 1. The van der Waals surface area contributed by atoms with Crippen LogP contribution in [0.5, 0.6) is 0 Å². The van der Waals surface area contributed by atoms with E-state index in [-0.39, 0.29) is 21.1 Å². The van der Waals surface area contributed by atoms with Crippen LogP contribution in [0.1, 0.15) is 12.8 Å². The van der Waals surface area contributed by atoms with E-state index in [4.69, 9.17) is 12.6 Å². The van der Waals surface area contributed by atoms with E-state index >= 15 is 0 Å². The van der Waals surface area contributed by atoms with E-state index < -0.39 is 0 Å². The van der Waals surface area contributed by atoms with Crippen molar-refractivity contribution in [1.82, 2.24) is 4.90 Å². The van der Waals surface area contributed by atoms with E-state index in [0.717, 1.165) is 5.88 Å². The topological polar surface area (TPSA) is 3.24 Å². The van der Waals surface area contributed by atoms with Gasteiger partial charge in [0.1, 0.15) is 0 Å². The van der Waals surface area contributed by atoms with Crippen molar-refractivity contribution in [1.29, 1.82) is 0 Å². The van der Waals surface area contributed by atoms with Crippen LogP contribution in [-0.4, -0.2) is 23.9 Å². The minimum Gasteiger partial charge on any atom is -0.777 e. The molecule has 0 aromatic carbocycles. The van der Waals surface area contributed by atoms with Crippen molar-refractivity contribution in [2.75, 3.05) is 19.0 Å². The fourth-order valence-corrected chi connectivity index (χ4v) is 1.17. The van der Waals surface area contributed by atoms with Crippen molar-refractivity contribution in [2.24, 2.45) is 0 Å². The first kappa shape index (κ1) is 9.00. The van der Waals surface area contributed by atoms with Gasteiger partial charge >= 0.3 is 0 Å². The van der Waals surface area contributed by atoms with Crippen LogP contribution in [0.2, 0.25) is 0 Å². The molecule has 1 nitrogen and oxygen atoms in total. The van der Waals surface area contributed by atoms with Gasteiger partial charge in [0.25, 0.3) is 0 Å². The van der Waals surface area contributed by atoms with Gasteiger partial charge < -0.3 is 17.5 Å². The van der Waals surface area contributed by atoms with Crippen LogP contribution >= 0.6 is 0 Å². The molecular weight excluding hydrogens is 290 g/mol. The fraction of sp³-hybridized carbons (Fsp3) is 1.00. The van der Waals surface area contributed by atoms with Gasteiger partial charge in [0, 0.05) is 21.1 Å². The molecule has 48 valence electrons. The summed E-state index contributed by atoms with van der Waals surface area (Å²) in [5.41, 5.74) is 0. The Morgan fingerprint density at radius 2 is 1.75 bits per heavy atom. The molecule has 0 radical (unpaired) electrons. The monoisotopic (exact) mass is 300 g/mol. The van der Waals surface area contributed by atoms with Crippen molar-refractivity contribution in [3.05, 3.63) is 0 Å². The van der Waals surface area contributed by atoms with E-state index in [0.29, 0.717) is 0 Å². The van der Waals surface area contributed by atoms with Gasteiger partial charge in [0.2, 0.25) is 0 Å². The molecule has 0 spiro atoms. The molecule has 0 aromatic heterocycles. The van der Waals surface area contributed by atoms with Gasteiger partial charge in [-0.1, -0.05) is 0 Å². The Morgan fingerprint density at radius 1 is 1.25 bits per heavy atom. The Morgan fingerprint density at radius 3 is 2.00 bits per heavy atom. The molecule has 8 heavy (non-hydrogen) atoms. The predicted octanol–water partition coefficient (Wildman–Crippen LogP) is 0.584. The second kappa shape index (κ2) is 4.84. The number of hydrogen-bond donors (Lipinski definition) is 0. The SMILES string of the molecule is [S-]CN1CCCC1.[W]. The number of rotatable bonds is 1. The standard InChI is InChI=1S/C5H11NS.W/c7-5-6-3-1-2-4-6;/h7H,1-5H2;/p-1. The van der Waals surface area contributed by atoms with Gasteiger partial charge in [-0.2, -0.15) is 0 Å². The summed E-state index contributed by atoms with van der Waals surface area (Å²) in [5.74, 6) is 0.833. The molecule has 1 fully saturated rings. The van der Waals surface area contributed by atoms with Crippen LogP contribution in [-0.2, 0) is 33.7 Å². The number of nitrogens with zero attached hydrogens (tertiary/aromatic N) is 1. The van der Waals surface area contributed by atoms with Gasteiger partial charge in [0.05, 0.1) is 0 Å². The van der Waals surface area contributed by atoms with E-state index in [9.17, 15) is 0 Å². The Hall–Kier alpha value is 0.998. The third kappa shape index (κ3) is 2.52. The summed E-state index contributed by atoms with van der Waals surface area (Å²) >= 11 is 4.84. The minimum atomic E-state index is 0. The Bertz CT molecular complexity index is 54.4. The van der Waals surface area contributed by atoms with E-state index in [1.807, 2.05) is 0 Å². The molecule has 1 aliphatic heterocycles. The molecule has 0 aliphatic carbocycles. The summed E-state index contributed by atoms with van der Waals surface area (Å²) in [6.45, 7) is 2.48. The van der Waals surface area contributed by atoms with Crippen molar-refractivity contribution >= 4 is 12.6 Å². The maximum atomic E-state index is 4.84. The smallest absolute Gasteiger partial charge is 0 e. The first-order valence-electron chi connectivity index (χ1n) is 2.74. The van der Waals surface area contributed by atoms with Gasteiger partial charge in [-0.15, -0.1) is 5.88 Å². The molecule has 0 atom stereocenters. The summed E-state index contributed by atoms with van der Waals surface area (Å²) in [6.07, 6.45) is 2.72. The van der Waals surface area contributed by atoms with Crippen molar-refractivity contribution in [3.63, 3.8) is 0 Å². The number of hydrogen-bond acceptors (Lipinski definition) is 2.